The number of benzene rings is 1. The highest BCUT2D eigenvalue weighted by Crippen LogP contribution is 2.15. The highest BCUT2D eigenvalue weighted by atomic mass is 19.1. The zero-order chi connectivity index (χ0) is 17.6. The minimum absolute atomic E-state index is 0.232. The van der Waals surface area contributed by atoms with E-state index in [4.69, 9.17) is 9.15 Å². The van der Waals surface area contributed by atoms with Crippen LogP contribution in [0.15, 0.2) is 47.1 Å². The van der Waals surface area contributed by atoms with E-state index >= 15 is 0 Å². The van der Waals surface area contributed by atoms with Crippen molar-refractivity contribution in [2.45, 2.75) is 45.6 Å². The summed E-state index contributed by atoms with van der Waals surface area (Å²) in [6.45, 7) is 7.31. The van der Waals surface area contributed by atoms with E-state index in [1.54, 1.807) is 18.4 Å². The van der Waals surface area contributed by atoms with Crippen LogP contribution < -0.4 is 0 Å². The second-order valence-corrected chi connectivity index (χ2v) is 6.92. The van der Waals surface area contributed by atoms with Crippen LogP contribution in [0.4, 0.5) is 4.39 Å². The fraction of sp³-hybridized carbons (Fsp3) is 0.474. The lowest BCUT2D eigenvalue weighted by molar-refractivity contribution is -0.0576. The number of aliphatic hydroxyl groups is 1. The lowest BCUT2D eigenvalue weighted by atomic mass is 10.1. The molecule has 1 N–H and O–H groups in total. The van der Waals surface area contributed by atoms with Gasteiger partial charge in [0.25, 0.3) is 0 Å². The SMILES string of the molecule is CC(C)(C)OC[C@@H](O)CN(Cc1ccco1)Cc1ccccc1F. The Morgan fingerprint density at radius 2 is 1.92 bits per heavy atom. The molecule has 0 aliphatic rings. The van der Waals surface area contributed by atoms with Crippen molar-refractivity contribution in [2.24, 2.45) is 0 Å². The number of ether oxygens (including phenoxy) is 1. The Morgan fingerprint density at radius 1 is 1.17 bits per heavy atom. The average molecular weight is 335 g/mol. The molecule has 4 nitrogen and oxygen atoms in total. The standard InChI is InChI=1S/C19H26FNO3/c1-19(2,3)24-14-16(22)12-21(13-17-8-6-10-23-17)11-15-7-4-5-9-18(15)20/h4-10,16,22H,11-14H2,1-3H3/t16-/m0/s1. The second-order valence-electron chi connectivity index (χ2n) is 6.92. The third-order valence-electron chi connectivity index (χ3n) is 3.49. The molecule has 1 heterocycles. The lowest BCUT2D eigenvalue weighted by Gasteiger charge is -2.27. The van der Waals surface area contributed by atoms with E-state index in [1.807, 2.05) is 43.9 Å². The molecule has 5 heteroatoms. The highest BCUT2D eigenvalue weighted by Gasteiger charge is 2.18. The highest BCUT2D eigenvalue weighted by molar-refractivity contribution is 5.17. The maximum Gasteiger partial charge on any atom is 0.127 e. The van der Waals surface area contributed by atoms with Crippen LogP contribution in [0.2, 0.25) is 0 Å². The van der Waals surface area contributed by atoms with Crippen molar-refractivity contribution < 1.29 is 18.7 Å². The van der Waals surface area contributed by atoms with Gasteiger partial charge in [-0.15, -0.1) is 0 Å². The van der Waals surface area contributed by atoms with Crippen molar-refractivity contribution in [3.8, 4) is 0 Å². The monoisotopic (exact) mass is 335 g/mol. The molecule has 0 saturated heterocycles. The van der Waals surface area contributed by atoms with Crippen LogP contribution in [0.3, 0.4) is 0 Å². The van der Waals surface area contributed by atoms with Crippen molar-refractivity contribution in [3.05, 3.63) is 59.8 Å². The Kier molecular flexibility index (Phi) is 6.54. The van der Waals surface area contributed by atoms with Crippen LogP contribution in [0.5, 0.6) is 0 Å². The number of halogens is 1. The number of nitrogens with zero attached hydrogens (tertiary/aromatic N) is 1. The Hall–Kier alpha value is -1.69. The summed E-state index contributed by atoms with van der Waals surface area (Å²) in [5.74, 6) is 0.526. The van der Waals surface area contributed by atoms with E-state index in [-0.39, 0.29) is 18.0 Å². The largest absolute Gasteiger partial charge is 0.468 e. The van der Waals surface area contributed by atoms with Crippen LogP contribution in [0.25, 0.3) is 0 Å². The van der Waals surface area contributed by atoms with Gasteiger partial charge in [0.1, 0.15) is 11.6 Å². The number of rotatable bonds is 8. The van der Waals surface area contributed by atoms with Crippen molar-refractivity contribution in [1.29, 1.82) is 0 Å². The van der Waals surface area contributed by atoms with Gasteiger partial charge in [0.15, 0.2) is 0 Å². The van der Waals surface area contributed by atoms with Gasteiger partial charge in [-0.1, -0.05) is 18.2 Å². The molecular formula is C19H26FNO3. The quantitative estimate of drug-likeness (QED) is 0.801. The molecule has 0 radical (unpaired) electrons. The average Bonchev–Trinajstić information content (AvgIpc) is 3.00. The molecule has 1 aromatic heterocycles. The van der Waals surface area contributed by atoms with Crippen LogP contribution in [0.1, 0.15) is 32.1 Å². The molecule has 0 unspecified atom stereocenters. The summed E-state index contributed by atoms with van der Waals surface area (Å²) in [7, 11) is 0. The molecule has 0 aliphatic carbocycles. The van der Waals surface area contributed by atoms with E-state index in [1.165, 1.54) is 6.07 Å². The Bertz CT molecular complexity index is 607. The summed E-state index contributed by atoms with van der Waals surface area (Å²) >= 11 is 0. The van der Waals surface area contributed by atoms with Crippen LogP contribution >= 0.6 is 0 Å². The van der Waals surface area contributed by atoms with E-state index in [9.17, 15) is 9.50 Å². The molecule has 24 heavy (non-hydrogen) atoms. The number of aliphatic hydroxyl groups excluding tert-OH is 1. The van der Waals surface area contributed by atoms with Gasteiger partial charge in [0, 0.05) is 18.7 Å². The summed E-state index contributed by atoms with van der Waals surface area (Å²) in [5, 5.41) is 10.3. The molecule has 132 valence electrons. The number of hydrogen-bond donors (Lipinski definition) is 1. The zero-order valence-electron chi connectivity index (χ0n) is 14.5. The first-order valence-corrected chi connectivity index (χ1v) is 8.13. The fourth-order valence-electron chi connectivity index (χ4n) is 2.37. The smallest absolute Gasteiger partial charge is 0.127 e. The summed E-state index contributed by atoms with van der Waals surface area (Å²) < 4.78 is 24.9. The Morgan fingerprint density at radius 3 is 2.54 bits per heavy atom. The van der Waals surface area contributed by atoms with Crippen molar-refractivity contribution in [2.75, 3.05) is 13.2 Å². The fourth-order valence-corrected chi connectivity index (χ4v) is 2.37. The number of furan rings is 1. The van der Waals surface area contributed by atoms with E-state index in [0.29, 0.717) is 25.2 Å². The first-order valence-electron chi connectivity index (χ1n) is 8.13. The van der Waals surface area contributed by atoms with Crippen molar-refractivity contribution in [1.82, 2.24) is 4.90 Å². The van der Waals surface area contributed by atoms with Gasteiger partial charge in [-0.3, -0.25) is 4.90 Å². The van der Waals surface area contributed by atoms with Crippen LogP contribution in [-0.4, -0.2) is 34.9 Å². The van der Waals surface area contributed by atoms with E-state index in [2.05, 4.69) is 0 Å². The van der Waals surface area contributed by atoms with Gasteiger partial charge < -0.3 is 14.3 Å². The van der Waals surface area contributed by atoms with Crippen LogP contribution in [-0.2, 0) is 17.8 Å². The maximum absolute atomic E-state index is 13.9. The normalized spacial score (nSPS) is 13.4. The molecule has 2 rings (SSSR count). The van der Waals surface area contributed by atoms with Gasteiger partial charge in [0.05, 0.1) is 31.1 Å². The molecule has 0 bridgehead atoms. The van der Waals surface area contributed by atoms with Gasteiger partial charge in [0.2, 0.25) is 0 Å². The topological polar surface area (TPSA) is 45.8 Å². The van der Waals surface area contributed by atoms with Crippen LogP contribution in [0, 0.1) is 5.82 Å². The molecule has 2 aromatic rings. The van der Waals surface area contributed by atoms with Gasteiger partial charge in [-0.25, -0.2) is 4.39 Å². The minimum Gasteiger partial charge on any atom is -0.468 e. The molecule has 0 amide bonds. The van der Waals surface area contributed by atoms with Gasteiger partial charge >= 0.3 is 0 Å². The summed E-state index contributed by atoms with van der Waals surface area (Å²) in [6, 6.07) is 10.4. The lowest BCUT2D eigenvalue weighted by Crippen LogP contribution is -2.36. The summed E-state index contributed by atoms with van der Waals surface area (Å²) in [5.41, 5.74) is 0.284. The summed E-state index contributed by atoms with van der Waals surface area (Å²) in [4.78, 5) is 1.95. The molecule has 0 saturated carbocycles. The first kappa shape index (κ1) is 18.6. The van der Waals surface area contributed by atoms with E-state index < -0.39 is 6.10 Å². The Labute approximate surface area is 142 Å². The summed E-state index contributed by atoms with van der Waals surface area (Å²) in [6.07, 6.45) is 0.946. The van der Waals surface area contributed by atoms with Gasteiger partial charge in [-0.2, -0.15) is 0 Å². The Balaban J connectivity index is 2.01. The molecular weight excluding hydrogens is 309 g/mol. The van der Waals surface area contributed by atoms with Crippen molar-refractivity contribution >= 4 is 0 Å². The first-order chi connectivity index (χ1) is 11.3. The van der Waals surface area contributed by atoms with E-state index in [0.717, 1.165) is 5.76 Å². The van der Waals surface area contributed by atoms with Crippen molar-refractivity contribution in [3.63, 3.8) is 0 Å². The zero-order valence-corrected chi connectivity index (χ0v) is 14.5. The molecule has 1 aromatic carbocycles. The predicted molar refractivity (Wildman–Crippen MR) is 90.9 cm³/mol. The third-order valence-corrected chi connectivity index (χ3v) is 3.49. The predicted octanol–water partition coefficient (Wildman–Crippen LogP) is 3.60. The minimum atomic E-state index is -0.661. The van der Waals surface area contributed by atoms with Gasteiger partial charge in [-0.05, 0) is 39.0 Å². The second kappa shape index (κ2) is 8.42. The molecule has 0 fully saturated rings. The molecule has 0 aliphatic heterocycles. The third kappa shape index (κ3) is 6.43. The maximum atomic E-state index is 13.9. The molecule has 0 spiro atoms. The molecule has 1 atom stereocenters. The number of hydrogen-bond acceptors (Lipinski definition) is 4.